The van der Waals surface area contributed by atoms with Gasteiger partial charge in [0.15, 0.2) is 0 Å². The van der Waals surface area contributed by atoms with E-state index in [0.717, 1.165) is 6.42 Å². The number of amides is 3. The van der Waals surface area contributed by atoms with E-state index in [9.17, 15) is 14.4 Å². The van der Waals surface area contributed by atoms with E-state index in [1.807, 2.05) is 20.8 Å². The van der Waals surface area contributed by atoms with Crippen LogP contribution in [0.2, 0.25) is 0 Å². The molecular formula is C17H28N4O3. The first-order valence-electron chi connectivity index (χ1n) is 8.35. The number of nitrogens with two attached hydrogens (primary N) is 2. The molecule has 2 rings (SSSR count). The van der Waals surface area contributed by atoms with E-state index >= 15 is 0 Å². The van der Waals surface area contributed by atoms with Gasteiger partial charge < -0.3 is 21.7 Å². The van der Waals surface area contributed by atoms with Crippen molar-refractivity contribution in [1.82, 2.24) is 10.2 Å². The van der Waals surface area contributed by atoms with Gasteiger partial charge in [-0.15, -0.1) is 6.58 Å². The maximum Gasteiger partial charge on any atom is 0.243 e. The van der Waals surface area contributed by atoms with E-state index in [4.69, 9.17) is 11.5 Å². The zero-order chi connectivity index (χ0) is 18.3. The molecule has 2 aliphatic rings. The van der Waals surface area contributed by atoms with Crippen molar-refractivity contribution in [2.24, 2.45) is 22.8 Å². The number of carbonyl (C=O) groups is 3. The summed E-state index contributed by atoms with van der Waals surface area (Å²) in [5.74, 6) is -1.29. The molecular weight excluding hydrogens is 308 g/mol. The molecule has 1 heterocycles. The molecule has 7 heteroatoms. The molecule has 3 unspecified atom stereocenters. The molecule has 0 bridgehead atoms. The molecule has 1 aliphatic carbocycles. The molecule has 3 amide bonds. The Morgan fingerprint density at radius 1 is 1.38 bits per heavy atom. The Balaban J connectivity index is 2.10. The van der Waals surface area contributed by atoms with Crippen molar-refractivity contribution in [3.05, 3.63) is 12.7 Å². The van der Waals surface area contributed by atoms with Gasteiger partial charge >= 0.3 is 0 Å². The van der Waals surface area contributed by atoms with Gasteiger partial charge in [0, 0.05) is 12.5 Å². The molecule has 1 aliphatic heterocycles. The Hall–Kier alpha value is -1.89. The smallest absolute Gasteiger partial charge is 0.243 e. The topological polar surface area (TPSA) is 119 Å². The van der Waals surface area contributed by atoms with Crippen LogP contribution >= 0.6 is 0 Å². The van der Waals surface area contributed by atoms with Crippen LogP contribution in [0.3, 0.4) is 0 Å². The highest BCUT2D eigenvalue weighted by molar-refractivity contribution is 5.97. The van der Waals surface area contributed by atoms with E-state index < -0.39 is 23.5 Å². The van der Waals surface area contributed by atoms with Crippen LogP contribution in [-0.4, -0.2) is 46.8 Å². The summed E-state index contributed by atoms with van der Waals surface area (Å²) in [6.45, 7) is 9.83. The van der Waals surface area contributed by atoms with Crippen LogP contribution in [0.4, 0.5) is 0 Å². The second-order valence-electron chi connectivity index (χ2n) is 7.90. The number of nitrogens with zero attached hydrogens (tertiary/aromatic N) is 1. The fraction of sp³-hybridized carbons (Fsp3) is 0.706. The standard InChI is InChI=1S/C17H28N4O3/c1-5-10-9-17(10,15(19)24)20-13(22)11-7-6-8-21(11)14(23)12(18)16(2,3)4/h5,10-12H,1,6-9,18H2,2-4H3,(H2,19,24)(H,20,22)/t10?,11?,12?,17-/m0/s1. The zero-order valence-corrected chi connectivity index (χ0v) is 14.7. The van der Waals surface area contributed by atoms with Crippen LogP contribution in [0.1, 0.15) is 40.0 Å². The first-order valence-corrected chi connectivity index (χ1v) is 8.35. The number of carbonyl (C=O) groups excluding carboxylic acids is 3. The third-order valence-electron chi connectivity index (χ3n) is 5.12. The summed E-state index contributed by atoms with van der Waals surface area (Å²) in [6.07, 6.45) is 3.37. The van der Waals surface area contributed by atoms with Crippen LogP contribution in [-0.2, 0) is 14.4 Å². The molecule has 7 nitrogen and oxygen atoms in total. The highest BCUT2D eigenvalue weighted by Gasteiger charge is 2.59. The fourth-order valence-corrected chi connectivity index (χ4v) is 3.22. The average Bonchev–Trinajstić information content (AvgIpc) is 2.99. The molecule has 1 saturated heterocycles. The van der Waals surface area contributed by atoms with E-state index in [-0.39, 0.29) is 23.1 Å². The van der Waals surface area contributed by atoms with E-state index in [1.165, 1.54) is 4.90 Å². The maximum absolute atomic E-state index is 12.7. The first kappa shape index (κ1) is 18.4. The third kappa shape index (κ3) is 3.17. The Morgan fingerprint density at radius 2 is 2.00 bits per heavy atom. The molecule has 0 spiro atoms. The predicted molar refractivity (Wildman–Crippen MR) is 90.5 cm³/mol. The maximum atomic E-state index is 12.7. The van der Waals surface area contributed by atoms with Crippen LogP contribution < -0.4 is 16.8 Å². The largest absolute Gasteiger partial charge is 0.368 e. The van der Waals surface area contributed by atoms with Crippen LogP contribution in [0.5, 0.6) is 0 Å². The lowest BCUT2D eigenvalue weighted by Gasteiger charge is -2.33. The average molecular weight is 336 g/mol. The molecule has 0 aromatic carbocycles. The van der Waals surface area contributed by atoms with Gasteiger partial charge in [0.05, 0.1) is 6.04 Å². The van der Waals surface area contributed by atoms with E-state index in [1.54, 1.807) is 6.08 Å². The summed E-state index contributed by atoms with van der Waals surface area (Å²) < 4.78 is 0. The van der Waals surface area contributed by atoms with Crippen molar-refractivity contribution in [2.75, 3.05) is 6.54 Å². The number of rotatable bonds is 5. The lowest BCUT2D eigenvalue weighted by molar-refractivity contribution is -0.142. The summed E-state index contributed by atoms with van der Waals surface area (Å²) in [7, 11) is 0. The minimum atomic E-state index is -1.05. The van der Waals surface area contributed by atoms with Crippen molar-refractivity contribution in [3.8, 4) is 0 Å². The van der Waals surface area contributed by atoms with Gasteiger partial charge in [-0.25, -0.2) is 0 Å². The monoisotopic (exact) mass is 336 g/mol. The molecule has 0 radical (unpaired) electrons. The Labute approximate surface area is 142 Å². The predicted octanol–water partition coefficient (Wildman–Crippen LogP) is -0.103. The van der Waals surface area contributed by atoms with Crippen LogP contribution in [0, 0.1) is 11.3 Å². The Bertz CT molecular complexity index is 569. The lowest BCUT2D eigenvalue weighted by atomic mass is 9.86. The van der Waals surface area contributed by atoms with Gasteiger partial charge in [-0.2, -0.15) is 0 Å². The quantitative estimate of drug-likeness (QED) is 0.607. The van der Waals surface area contributed by atoms with Crippen molar-refractivity contribution in [1.29, 1.82) is 0 Å². The van der Waals surface area contributed by atoms with E-state index in [0.29, 0.717) is 19.4 Å². The van der Waals surface area contributed by atoms with Gasteiger partial charge in [0.25, 0.3) is 0 Å². The fourth-order valence-electron chi connectivity index (χ4n) is 3.22. The molecule has 0 aromatic heterocycles. The molecule has 5 N–H and O–H groups in total. The zero-order valence-electron chi connectivity index (χ0n) is 14.7. The van der Waals surface area contributed by atoms with Crippen LogP contribution in [0.25, 0.3) is 0 Å². The normalized spacial score (nSPS) is 30.6. The second kappa shape index (κ2) is 6.20. The van der Waals surface area contributed by atoms with Gasteiger partial charge in [-0.1, -0.05) is 26.8 Å². The summed E-state index contributed by atoms with van der Waals surface area (Å²) in [6, 6.07) is -1.29. The van der Waals surface area contributed by atoms with Crippen molar-refractivity contribution in [2.45, 2.75) is 57.7 Å². The van der Waals surface area contributed by atoms with Gasteiger partial charge in [0.2, 0.25) is 17.7 Å². The first-order chi connectivity index (χ1) is 11.0. The lowest BCUT2D eigenvalue weighted by Crippen LogP contribution is -2.58. The highest BCUT2D eigenvalue weighted by Crippen LogP contribution is 2.44. The molecule has 134 valence electrons. The van der Waals surface area contributed by atoms with Gasteiger partial charge in [-0.05, 0) is 24.7 Å². The third-order valence-corrected chi connectivity index (χ3v) is 5.12. The summed E-state index contributed by atoms with van der Waals surface area (Å²) in [5, 5.41) is 2.75. The van der Waals surface area contributed by atoms with Crippen molar-refractivity contribution >= 4 is 17.7 Å². The van der Waals surface area contributed by atoms with Crippen LogP contribution in [0.15, 0.2) is 12.7 Å². The molecule has 1 saturated carbocycles. The minimum absolute atomic E-state index is 0.152. The number of primary amides is 1. The molecule has 24 heavy (non-hydrogen) atoms. The number of hydrogen-bond acceptors (Lipinski definition) is 4. The molecule has 2 fully saturated rings. The SMILES string of the molecule is C=CC1C[C@@]1(NC(=O)C1CCCN1C(=O)C(N)C(C)(C)C)C(N)=O. The highest BCUT2D eigenvalue weighted by atomic mass is 16.2. The summed E-state index contributed by atoms with van der Waals surface area (Å²) in [4.78, 5) is 38.6. The van der Waals surface area contributed by atoms with Crippen molar-refractivity contribution < 1.29 is 14.4 Å². The van der Waals surface area contributed by atoms with Gasteiger partial charge in [0.1, 0.15) is 11.6 Å². The minimum Gasteiger partial charge on any atom is -0.368 e. The number of hydrogen-bond donors (Lipinski definition) is 3. The van der Waals surface area contributed by atoms with E-state index in [2.05, 4.69) is 11.9 Å². The Kier molecular flexibility index (Phi) is 4.77. The Morgan fingerprint density at radius 3 is 2.46 bits per heavy atom. The summed E-state index contributed by atoms with van der Waals surface area (Å²) in [5.41, 5.74) is 10.1. The van der Waals surface area contributed by atoms with Gasteiger partial charge in [-0.3, -0.25) is 14.4 Å². The second-order valence-corrected chi connectivity index (χ2v) is 7.90. The van der Waals surface area contributed by atoms with Crippen molar-refractivity contribution in [3.63, 3.8) is 0 Å². The number of nitrogens with one attached hydrogen (secondary N) is 1. The molecule has 4 atom stereocenters. The molecule has 0 aromatic rings. The summed E-state index contributed by atoms with van der Waals surface area (Å²) >= 11 is 0. The number of likely N-dealkylation sites (tertiary alicyclic amines) is 1.